The van der Waals surface area contributed by atoms with Crippen LogP contribution in [0.5, 0.6) is 0 Å². The number of benzene rings is 2. The van der Waals surface area contributed by atoms with Crippen molar-refractivity contribution in [2.24, 2.45) is 0 Å². The lowest BCUT2D eigenvalue weighted by Crippen LogP contribution is -2.43. The minimum atomic E-state index is -0.221. The second kappa shape index (κ2) is 9.73. The second-order valence-corrected chi connectivity index (χ2v) is 7.92. The van der Waals surface area contributed by atoms with Crippen molar-refractivity contribution in [1.82, 2.24) is 14.5 Å². The maximum Gasteiger partial charge on any atom is 0.255 e. The van der Waals surface area contributed by atoms with Gasteiger partial charge in [-0.3, -0.25) is 14.2 Å². The van der Waals surface area contributed by atoms with Gasteiger partial charge in [0.15, 0.2) is 5.16 Å². The maximum absolute atomic E-state index is 13.0. The van der Waals surface area contributed by atoms with Crippen molar-refractivity contribution in [3.8, 4) is 11.3 Å². The van der Waals surface area contributed by atoms with Crippen LogP contribution in [0.3, 0.4) is 0 Å². The summed E-state index contributed by atoms with van der Waals surface area (Å²) >= 11 is 1.47. The predicted octanol–water partition coefficient (Wildman–Crippen LogP) is 3.06. The van der Waals surface area contributed by atoms with E-state index in [9.17, 15) is 9.59 Å². The Bertz CT molecular complexity index is 1050. The highest BCUT2D eigenvalue weighted by Crippen LogP contribution is 2.23. The molecule has 0 N–H and O–H groups in total. The zero-order valence-electron chi connectivity index (χ0n) is 16.6. The molecule has 2 aromatic carbocycles. The number of hydrogen-bond acceptors (Lipinski definition) is 5. The monoisotopic (exact) mass is 421 g/mol. The summed E-state index contributed by atoms with van der Waals surface area (Å²) in [5, 5.41) is 0.548. The molecule has 0 bridgehead atoms. The van der Waals surface area contributed by atoms with E-state index < -0.39 is 0 Å². The lowest BCUT2D eigenvalue weighted by atomic mass is 10.1. The van der Waals surface area contributed by atoms with Crippen LogP contribution >= 0.6 is 11.8 Å². The Morgan fingerprint density at radius 3 is 2.37 bits per heavy atom. The van der Waals surface area contributed by atoms with Crippen LogP contribution in [0.15, 0.2) is 76.7 Å². The summed E-state index contributed by atoms with van der Waals surface area (Å²) in [5.74, 6) is 0.577. The van der Waals surface area contributed by atoms with Crippen molar-refractivity contribution >= 4 is 17.7 Å². The van der Waals surface area contributed by atoms with E-state index in [-0.39, 0.29) is 18.0 Å². The van der Waals surface area contributed by atoms with E-state index in [0.717, 1.165) is 11.1 Å². The Labute approximate surface area is 179 Å². The molecular weight excluding hydrogens is 398 g/mol. The van der Waals surface area contributed by atoms with Gasteiger partial charge < -0.3 is 9.64 Å². The highest BCUT2D eigenvalue weighted by Gasteiger charge is 2.20. The quantitative estimate of drug-likeness (QED) is 0.452. The van der Waals surface area contributed by atoms with E-state index in [1.54, 1.807) is 4.90 Å². The fourth-order valence-corrected chi connectivity index (χ4v) is 4.23. The largest absolute Gasteiger partial charge is 0.378 e. The van der Waals surface area contributed by atoms with Crippen molar-refractivity contribution in [2.75, 3.05) is 26.3 Å². The molecule has 1 aliphatic rings. The number of amides is 1. The summed E-state index contributed by atoms with van der Waals surface area (Å²) in [5.41, 5.74) is 2.41. The molecule has 3 aromatic rings. The fourth-order valence-electron chi connectivity index (χ4n) is 3.27. The van der Waals surface area contributed by atoms with E-state index in [2.05, 4.69) is 0 Å². The van der Waals surface area contributed by atoms with Gasteiger partial charge in [0, 0.05) is 30.5 Å². The van der Waals surface area contributed by atoms with Gasteiger partial charge in [0.2, 0.25) is 5.91 Å². The zero-order chi connectivity index (χ0) is 20.8. The topological polar surface area (TPSA) is 64.4 Å². The molecule has 1 aromatic heterocycles. The van der Waals surface area contributed by atoms with Crippen molar-refractivity contribution in [2.45, 2.75) is 17.5 Å². The van der Waals surface area contributed by atoms with Gasteiger partial charge in [-0.25, -0.2) is 4.98 Å². The van der Waals surface area contributed by atoms with Gasteiger partial charge in [0.25, 0.3) is 5.56 Å². The molecule has 0 spiro atoms. The SMILES string of the molecule is O=C(Cn1c(SCc2ccccc2)nc(-c2ccccc2)cc1=O)N1CCOCC1. The summed E-state index contributed by atoms with van der Waals surface area (Å²) in [6, 6.07) is 21.1. The Morgan fingerprint density at radius 2 is 1.67 bits per heavy atom. The van der Waals surface area contributed by atoms with Gasteiger partial charge in [0.05, 0.1) is 18.9 Å². The Kier molecular flexibility index (Phi) is 6.61. The van der Waals surface area contributed by atoms with E-state index in [4.69, 9.17) is 9.72 Å². The van der Waals surface area contributed by atoms with E-state index in [1.165, 1.54) is 22.4 Å². The smallest absolute Gasteiger partial charge is 0.255 e. The van der Waals surface area contributed by atoms with Crippen LogP contribution < -0.4 is 5.56 Å². The average molecular weight is 422 g/mol. The number of morpholine rings is 1. The van der Waals surface area contributed by atoms with Crippen molar-refractivity contribution in [1.29, 1.82) is 0 Å². The van der Waals surface area contributed by atoms with Crippen molar-refractivity contribution in [3.05, 3.63) is 82.6 Å². The number of aromatic nitrogens is 2. The van der Waals surface area contributed by atoms with E-state index in [1.807, 2.05) is 60.7 Å². The third-order valence-corrected chi connectivity index (χ3v) is 5.96. The molecule has 0 unspecified atom stereocenters. The van der Waals surface area contributed by atoms with Crippen LogP contribution in [0.25, 0.3) is 11.3 Å². The summed E-state index contributed by atoms with van der Waals surface area (Å²) in [6.45, 7) is 2.14. The van der Waals surface area contributed by atoms with E-state index in [0.29, 0.717) is 42.9 Å². The molecule has 0 saturated carbocycles. The minimum Gasteiger partial charge on any atom is -0.378 e. The summed E-state index contributed by atoms with van der Waals surface area (Å²) in [4.78, 5) is 32.2. The first-order valence-electron chi connectivity index (χ1n) is 9.90. The molecule has 6 nitrogen and oxygen atoms in total. The minimum absolute atomic E-state index is 0.0158. The number of carbonyl (C=O) groups excluding carboxylic acids is 1. The predicted molar refractivity (Wildman–Crippen MR) is 117 cm³/mol. The summed E-state index contributed by atoms with van der Waals surface area (Å²) in [6.07, 6.45) is 0. The second-order valence-electron chi connectivity index (χ2n) is 6.98. The number of nitrogens with zero attached hydrogens (tertiary/aromatic N) is 3. The molecule has 0 atom stereocenters. The maximum atomic E-state index is 13.0. The highest BCUT2D eigenvalue weighted by atomic mass is 32.2. The normalized spacial score (nSPS) is 13.9. The number of rotatable bonds is 6. The van der Waals surface area contributed by atoms with Crippen LogP contribution in [0.2, 0.25) is 0 Å². The van der Waals surface area contributed by atoms with Gasteiger partial charge in [-0.15, -0.1) is 0 Å². The number of thioether (sulfide) groups is 1. The Balaban J connectivity index is 1.64. The molecule has 1 saturated heterocycles. The summed E-state index contributed by atoms with van der Waals surface area (Å²) in [7, 11) is 0. The van der Waals surface area contributed by atoms with Gasteiger partial charge >= 0.3 is 0 Å². The lowest BCUT2D eigenvalue weighted by Gasteiger charge is -2.27. The standard InChI is InChI=1S/C23H23N3O3S/c27-21-15-20(19-9-5-2-6-10-19)24-23(30-17-18-7-3-1-4-8-18)26(21)16-22(28)25-11-13-29-14-12-25/h1-10,15H,11-14,16-17H2. The molecule has 1 fully saturated rings. The molecular formula is C23H23N3O3S. The molecule has 0 aliphatic carbocycles. The Morgan fingerprint density at radius 1 is 1.00 bits per heavy atom. The number of carbonyl (C=O) groups is 1. The highest BCUT2D eigenvalue weighted by molar-refractivity contribution is 7.98. The first kappa shape index (κ1) is 20.4. The fraction of sp³-hybridized carbons (Fsp3) is 0.261. The van der Waals surface area contributed by atoms with Crippen LogP contribution in [0.4, 0.5) is 0 Å². The molecule has 30 heavy (non-hydrogen) atoms. The Hall–Kier alpha value is -2.90. The van der Waals surface area contributed by atoms with Gasteiger partial charge in [-0.05, 0) is 5.56 Å². The van der Waals surface area contributed by atoms with Crippen LogP contribution in [-0.4, -0.2) is 46.7 Å². The van der Waals surface area contributed by atoms with E-state index >= 15 is 0 Å². The van der Waals surface area contributed by atoms with Crippen molar-refractivity contribution in [3.63, 3.8) is 0 Å². The molecule has 0 radical (unpaired) electrons. The van der Waals surface area contributed by atoms with Gasteiger partial charge in [-0.2, -0.15) is 0 Å². The van der Waals surface area contributed by atoms with Gasteiger partial charge in [-0.1, -0.05) is 72.4 Å². The van der Waals surface area contributed by atoms with Gasteiger partial charge in [0.1, 0.15) is 6.54 Å². The average Bonchev–Trinajstić information content (AvgIpc) is 2.81. The molecule has 1 amide bonds. The lowest BCUT2D eigenvalue weighted by molar-refractivity contribution is -0.136. The van der Waals surface area contributed by atoms with Crippen LogP contribution in [0, 0.1) is 0 Å². The molecule has 4 rings (SSSR count). The zero-order valence-corrected chi connectivity index (χ0v) is 17.4. The first-order valence-corrected chi connectivity index (χ1v) is 10.9. The first-order chi connectivity index (χ1) is 14.7. The third kappa shape index (κ3) is 4.98. The van der Waals surface area contributed by atoms with Crippen LogP contribution in [-0.2, 0) is 21.8 Å². The molecule has 7 heteroatoms. The molecule has 1 aliphatic heterocycles. The van der Waals surface area contributed by atoms with Crippen molar-refractivity contribution < 1.29 is 9.53 Å². The summed E-state index contributed by atoms with van der Waals surface area (Å²) < 4.78 is 6.80. The number of hydrogen-bond donors (Lipinski definition) is 0. The molecule has 154 valence electrons. The van der Waals surface area contributed by atoms with Crippen LogP contribution in [0.1, 0.15) is 5.56 Å². The molecule has 2 heterocycles. The number of ether oxygens (including phenoxy) is 1. The third-order valence-electron chi connectivity index (χ3n) is 4.91.